The molecule has 2 heterocycles. The summed E-state index contributed by atoms with van der Waals surface area (Å²) in [7, 11) is 2.94. The molecular weight excluding hydrogens is 384 g/mol. The van der Waals surface area contributed by atoms with Crippen molar-refractivity contribution in [3.63, 3.8) is 0 Å². The average molecular weight is 399 g/mol. The summed E-state index contributed by atoms with van der Waals surface area (Å²) >= 11 is 6.10. The predicted octanol–water partition coefficient (Wildman–Crippen LogP) is 3.10. The molecule has 4 rings (SSSR count). The molecule has 1 amide bonds. The molecular formula is C19H15ClN4O4. The van der Waals surface area contributed by atoms with Gasteiger partial charge in [0.1, 0.15) is 22.7 Å². The minimum Gasteiger partial charge on any atom is -0.495 e. The molecule has 28 heavy (non-hydrogen) atoms. The monoisotopic (exact) mass is 398 g/mol. The highest BCUT2D eigenvalue weighted by Gasteiger charge is 2.19. The van der Waals surface area contributed by atoms with Crippen LogP contribution in [0.5, 0.6) is 11.5 Å². The second-order valence-corrected chi connectivity index (χ2v) is 6.34. The van der Waals surface area contributed by atoms with Crippen LogP contribution in [0, 0.1) is 0 Å². The van der Waals surface area contributed by atoms with Gasteiger partial charge in [0.25, 0.3) is 11.5 Å². The highest BCUT2D eigenvalue weighted by atomic mass is 35.5. The van der Waals surface area contributed by atoms with Crippen molar-refractivity contribution in [3.05, 3.63) is 63.5 Å². The number of para-hydroxylation sites is 1. The number of nitrogens with one attached hydrogen (secondary N) is 2. The number of anilines is 1. The summed E-state index contributed by atoms with van der Waals surface area (Å²) in [5.41, 5.74) is 1.17. The maximum atomic E-state index is 12.9. The Bertz CT molecular complexity index is 1280. The first kappa shape index (κ1) is 17.9. The number of fused-ring (bicyclic) bond motifs is 3. The van der Waals surface area contributed by atoms with Crippen molar-refractivity contribution < 1.29 is 14.3 Å². The number of nitrogens with zero attached hydrogens (tertiary/aromatic N) is 2. The van der Waals surface area contributed by atoms with Crippen molar-refractivity contribution >= 4 is 39.7 Å². The number of carbonyl (C=O) groups excluding carboxylic acids is 1. The minimum absolute atomic E-state index is 0.207. The van der Waals surface area contributed by atoms with E-state index >= 15 is 0 Å². The van der Waals surface area contributed by atoms with E-state index in [2.05, 4.69) is 15.4 Å². The van der Waals surface area contributed by atoms with Crippen molar-refractivity contribution in [1.82, 2.24) is 14.6 Å². The molecule has 0 unspecified atom stereocenters. The van der Waals surface area contributed by atoms with Crippen LogP contribution in [0.2, 0.25) is 5.02 Å². The van der Waals surface area contributed by atoms with Crippen LogP contribution in [0.1, 0.15) is 10.4 Å². The maximum absolute atomic E-state index is 12.9. The minimum atomic E-state index is -0.469. The lowest BCUT2D eigenvalue weighted by Crippen LogP contribution is -2.15. The van der Waals surface area contributed by atoms with Crippen LogP contribution in [-0.2, 0) is 0 Å². The molecule has 0 saturated heterocycles. The van der Waals surface area contributed by atoms with Gasteiger partial charge in [-0.3, -0.25) is 9.59 Å². The third-order valence-corrected chi connectivity index (χ3v) is 4.64. The molecule has 2 aromatic carbocycles. The van der Waals surface area contributed by atoms with Crippen LogP contribution >= 0.6 is 11.6 Å². The van der Waals surface area contributed by atoms with Gasteiger partial charge in [0.05, 0.1) is 42.0 Å². The molecule has 142 valence electrons. The third-order valence-electron chi connectivity index (χ3n) is 4.34. The maximum Gasteiger partial charge on any atom is 0.261 e. The molecule has 0 atom stereocenters. The van der Waals surface area contributed by atoms with Gasteiger partial charge in [-0.15, -0.1) is 0 Å². The molecule has 0 aliphatic heterocycles. The Kier molecular flexibility index (Phi) is 4.40. The number of hydrogen-bond acceptors (Lipinski definition) is 5. The molecule has 8 nitrogen and oxygen atoms in total. The number of carbonyl (C=O) groups is 1. The van der Waals surface area contributed by atoms with Gasteiger partial charge in [0.15, 0.2) is 0 Å². The van der Waals surface area contributed by atoms with E-state index in [4.69, 9.17) is 21.1 Å². The first-order valence-electron chi connectivity index (χ1n) is 8.25. The lowest BCUT2D eigenvalue weighted by molar-refractivity contribution is 0.102. The topological polar surface area (TPSA) is 97.7 Å². The quantitative estimate of drug-likeness (QED) is 0.550. The van der Waals surface area contributed by atoms with E-state index < -0.39 is 5.91 Å². The Morgan fingerprint density at radius 1 is 1.18 bits per heavy atom. The first-order valence-corrected chi connectivity index (χ1v) is 8.63. The standard InChI is InChI=1S/C19H15ClN4O4/c1-27-15-8-13(16(28-2)7-12(15)20)22-19(26)11-9-21-24-14-6-4-3-5-10(14)18(25)23-17(11)24/h3-9H,1-2H3,(H,22,26)(H,23,25). The van der Waals surface area contributed by atoms with Crippen molar-refractivity contribution in [2.75, 3.05) is 19.5 Å². The molecule has 0 fully saturated rings. The number of hydrogen-bond donors (Lipinski definition) is 2. The molecule has 0 radical (unpaired) electrons. The van der Waals surface area contributed by atoms with Gasteiger partial charge in [0.2, 0.25) is 0 Å². The van der Waals surface area contributed by atoms with Crippen LogP contribution in [0.15, 0.2) is 47.4 Å². The number of ether oxygens (including phenoxy) is 2. The van der Waals surface area contributed by atoms with Crippen LogP contribution in [0.3, 0.4) is 0 Å². The second-order valence-electron chi connectivity index (χ2n) is 5.93. The Labute approximate surface area is 163 Å². The van der Waals surface area contributed by atoms with E-state index in [9.17, 15) is 9.59 Å². The van der Waals surface area contributed by atoms with E-state index in [1.54, 1.807) is 36.4 Å². The second kappa shape index (κ2) is 6.90. The predicted molar refractivity (Wildman–Crippen MR) is 106 cm³/mol. The van der Waals surface area contributed by atoms with E-state index in [-0.39, 0.29) is 11.1 Å². The normalized spacial score (nSPS) is 11.0. The van der Waals surface area contributed by atoms with Gasteiger partial charge in [-0.2, -0.15) is 5.10 Å². The summed E-state index contributed by atoms with van der Waals surface area (Å²) in [6.07, 6.45) is 1.40. The molecule has 0 aliphatic carbocycles. The van der Waals surface area contributed by atoms with E-state index in [1.165, 1.54) is 24.9 Å². The van der Waals surface area contributed by atoms with Crippen LogP contribution in [-0.4, -0.2) is 34.7 Å². The van der Waals surface area contributed by atoms with Gasteiger partial charge < -0.3 is 19.8 Å². The molecule has 0 aliphatic rings. The fourth-order valence-corrected chi connectivity index (χ4v) is 3.22. The molecule has 4 aromatic rings. The molecule has 0 bridgehead atoms. The zero-order valence-corrected chi connectivity index (χ0v) is 15.7. The fraction of sp³-hybridized carbons (Fsp3) is 0.105. The van der Waals surface area contributed by atoms with E-state index in [0.717, 1.165) is 0 Å². The molecule has 0 saturated carbocycles. The highest BCUT2D eigenvalue weighted by molar-refractivity contribution is 6.32. The van der Waals surface area contributed by atoms with Crippen molar-refractivity contribution in [3.8, 4) is 11.5 Å². The number of aromatic amines is 1. The number of halogens is 1. The molecule has 2 N–H and O–H groups in total. The Hall–Kier alpha value is -3.52. The van der Waals surface area contributed by atoms with Gasteiger partial charge in [-0.1, -0.05) is 23.7 Å². The number of methoxy groups -OCH3 is 2. The fourth-order valence-electron chi connectivity index (χ4n) is 2.99. The number of amides is 1. The number of aromatic nitrogens is 3. The smallest absolute Gasteiger partial charge is 0.261 e. The highest BCUT2D eigenvalue weighted by Crippen LogP contribution is 2.36. The zero-order chi connectivity index (χ0) is 19.8. The zero-order valence-electron chi connectivity index (χ0n) is 14.9. The Morgan fingerprint density at radius 2 is 1.93 bits per heavy atom. The summed E-state index contributed by atoms with van der Waals surface area (Å²) in [4.78, 5) is 28.0. The van der Waals surface area contributed by atoms with Crippen molar-refractivity contribution in [2.45, 2.75) is 0 Å². The SMILES string of the molecule is COc1cc(NC(=O)c2cnn3c2[nH]c(=O)c2ccccc23)c(OC)cc1Cl. The first-order chi connectivity index (χ1) is 13.5. The number of H-pyrrole nitrogens is 1. The third kappa shape index (κ3) is 2.84. The summed E-state index contributed by atoms with van der Waals surface area (Å²) in [6.45, 7) is 0. The van der Waals surface area contributed by atoms with E-state index in [0.29, 0.717) is 38.8 Å². The Morgan fingerprint density at radius 3 is 2.68 bits per heavy atom. The average Bonchev–Trinajstić information content (AvgIpc) is 3.13. The summed E-state index contributed by atoms with van der Waals surface area (Å²) in [5, 5.41) is 7.83. The van der Waals surface area contributed by atoms with Gasteiger partial charge >= 0.3 is 0 Å². The van der Waals surface area contributed by atoms with E-state index in [1.807, 2.05) is 0 Å². The molecule has 9 heteroatoms. The van der Waals surface area contributed by atoms with Gasteiger partial charge in [-0.25, -0.2) is 4.52 Å². The number of rotatable bonds is 4. The lowest BCUT2D eigenvalue weighted by Gasteiger charge is -2.12. The number of benzene rings is 2. The van der Waals surface area contributed by atoms with Gasteiger partial charge in [-0.05, 0) is 12.1 Å². The van der Waals surface area contributed by atoms with Crippen LogP contribution in [0.4, 0.5) is 5.69 Å². The molecule has 0 spiro atoms. The lowest BCUT2D eigenvalue weighted by atomic mass is 10.2. The summed E-state index contributed by atoms with van der Waals surface area (Å²) in [5.74, 6) is 0.287. The largest absolute Gasteiger partial charge is 0.495 e. The summed E-state index contributed by atoms with van der Waals surface area (Å²) in [6, 6.07) is 10.1. The summed E-state index contributed by atoms with van der Waals surface area (Å²) < 4.78 is 12.0. The van der Waals surface area contributed by atoms with Gasteiger partial charge in [0, 0.05) is 12.1 Å². The molecule has 2 aromatic heterocycles. The van der Waals surface area contributed by atoms with Crippen molar-refractivity contribution in [1.29, 1.82) is 0 Å². The van der Waals surface area contributed by atoms with Crippen LogP contribution < -0.4 is 20.3 Å². The van der Waals surface area contributed by atoms with Crippen molar-refractivity contribution in [2.24, 2.45) is 0 Å². The Balaban J connectivity index is 1.80. The van der Waals surface area contributed by atoms with Crippen LogP contribution in [0.25, 0.3) is 16.6 Å².